The number of unbranched alkanes of at least 4 members (excludes halogenated alkanes) is 1. The molecule has 0 aromatic carbocycles. The molecule has 13 nitrogen and oxygen atoms in total. The number of hydrogen-bond donors (Lipinski definition) is 8. The molecule has 5 atom stereocenters. The molecule has 11 N–H and O–H groups in total. The molecule has 0 fully saturated rings. The lowest BCUT2D eigenvalue weighted by atomic mass is 9.99. The van der Waals surface area contributed by atoms with E-state index >= 15 is 0 Å². The number of aliphatic hydroxyl groups excluding tert-OH is 1. The van der Waals surface area contributed by atoms with Gasteiger partial charge in [-0.05, 0) is 31.7 Å². The lowest BCUT2D eigenvalue weighted by molar-refractivity contribution is -0.142. The molecule has 0 aromatic heterocycles. The van der Waals surface area contributed by atoms with Crippen LogP contribution in [0.15, 0.2) is 0 Å². The Bertz CT molecular complexity index is 660. The summed E-state index contributed by atoms with van der Waals surface area (Å²) in [6.45, 7) is 3.14. The number of rotatable bonds is 16. The molecule has 0 heterocycles. The average Bonchev–Trinajstić information content (AvgIpc) is 2.74. The molecule has 13 heteroatoms. The van der Waals surface area contributed by atoms with Gasteiger partial charge in [-0.3, -0.25) is 19.2 Å². The number of aliphatic hydroxyl groups is 1. The summed E-state index contributed by atoms with van der Waals surface area (Å²) in [7, 11) is 0. The number of carboxylic acid groups (broad SMARTS) is 1. The maximum Gasteiger partial charge on any atom is 0.326 e. The van der Waals surface area contributed by atoms with Crippen molar-refractivity contribution in [2.45, 2.75) is 70.1 Å². The van der Waals surface area contributed by atoms with E-state index < -0.39 is 66.8 Å². The fourth-order valence-electron chi connectivity index (χ4n) is 2.68. The molecule has 0 saturated heterocycles. The maximum absolute atomic E-state index is 12.5. The van der Waals surface area contributed by atoms with Gasteiger partial charge in [-0.15, -0.1) is 0 Å². The molecule has 0 radical (unpaired) electrons. The summed E-state index contributed by atoms with van der Waals surface area (Å²) in [5.41, 5.74) is 16.3. The maximum atomic E-state index is 12.5. The number of hydrogen-bond acceptors (Lipinski definition) is 8. The Kier molecular flexibility index (Phi) is 13.8. The molecule has 4 amide bonds. The molecule has 5 unspecified atom stereocenters. The normalized spacial score (nSPS) is 15.5. The van der Waals surface area contributed by atoms with Crippen LogP contribution >= 0.6 is 0 Å². The lowest BCUT2D eigenvalue weighted by Crippen LogP contribution is -2.59. The van der Waals surface area contributed by atoms with Crippen LogP contribution in [0.3, 0.4) is 0 Å². The summed E-state index contributed by atoms with van der Waals surface area (Å²) in [4.78, 5) is 60.0. The minimum Gasteiger partial charge on any atom is -0.480 e. The number of carbonyl (C=O) groups is 5. The van der Waals surface area contributed by atoms with Crippen molar-refractivity contribution in [2.24, 2.45) is 23.1 Å². The van der Waals surface area contributed by atoms with E-state index in [1.165, 1.54) is 0 Å². The number of amides is 4. The molecule has 0 aliphatic carbocycles. The van der Waals surface area contributed by atoms with Crippen LogP contribution < -0.4 is 33.2 Å². The Morgan fingerprint density at radius 3 is 1.91 bits per heavy atom. The molecule has 184 valence electrons. The fraction of sp³-hybridized carbons (Fsp3) is 0.737. The Hall–Kier alpha value is -2.77. The highest BCUT2D eigenvalue weighted by molar-refractivity contribution is 5.96. The van der Waals surface area contributed by atoms with E-state index in [4.69, 9.17) is 17.2 Å². The second kappa shape index (κ2) is 15.1. The smallest absolute Gasteiger partial charge is 0.326 e. The van der Waals surface area contributed by atoms with Gasteiger partial charge in [-0.1, -0.05) is 20.3 Å². The molecule has 0 rings (SSSR count). The number of aliphatic carboxylic acids is 1. The van der Waals surface area contributed by atoms with Crippen LogP contribution in [0.5, 0.6) is 0 Å². The minimum atomic E-state index is -1.51. The summed E-state index contributed by atoms with van der Waals surface area (Å²) < 4.78 is 0. The zero-order valence-corrected chi connectivity index (χ0v) is 18.5. The van der Waals surface area contributed by atoms with Crippen LogP contribution in [0.2, 0.25) is 0 Å². The summed E-state index contributed by atoms with van der Waals surface area (Å²) >= 11 is 0. The van der Waals surface area contributed by atoms with E-state index in [2.05, 4.69) is 16.0 Å². The zero-order chi connectivity index (χ0) is 24.8. The van der Waals surface area contributed by atoms with E-state index in [0.29, 0.717) is 25.8 Å². The predicted molar refractivity (Wildman–Crippen MR) is 115 cm³/mol. The van der Waals surface area contributed by atoms with E-state index in [9.17, 15) is 34.2 Å². The number of carbonyl (C=O) groups excluding carboxylic acids is 4. The third kappa shape index (κ3) is 10.5. The lowest BCUT2D eigenvalue weighted by Gasteiger charge is -2.24. The highest BCUT2D eigenvalue weighted by Gasteiger charge is 2.31. The van der Waals surface area contributed by atoms with Crippen LogP contribution in [0.4, 0.5) is 0 Å². The van der Waals surface area contributed by atoms with Crippen LogP contribution in [-0.4, -0.2) is 77.1 Å². The van der Waals surface area contributed by atoms with Crippen molar-refractivity contribution in [1.82, 2.24) is 16.0 Å². The van der Waals surface area contributed by atoms with Crippen molar-refractivity contribution in [2.75, 3.05) is 13.2 Å². The summed E-state index contributed by atoms with van der Waals surface area (Å²) in [6, 6.07) is -5.13. The molecule has 0 aliphatic rings. The summed E-state index contributed by atoms with van der Waals surface area (Å²) in [6.07, 6.45) is 1.08. The average molecular weight is 461 g/mol. The number of primary amides is 1. The molecule has 32 heavy (non-hydrogen) atoms. The second-order valence-corrected chi connectivity index (χ2v) is 7.57. The Morgan fingerprint density at radius 2 is 1.44 bits per heavy atom. The van der Waals surface area contributed by atoms with Crippen LogP contribution in [-0.2, 0) is 24.0 Å². The molecule has 0 aliphatic heterocycles. The topological polar surface area (TPSA) is 240 Å². The van der Waals surface area contributed by atoms with Gasteiger partial charge in [0, 0.05) is 0 Å². The molecule has 0 aromatic rings. The quantitative estimate of drug-likeness (QED) is 0.109. The highest BCUT2D eigenvalue weighted by Crippen LogP contribution is 2.06. The standard InChI is InChI=1S/C19H36N6O7/c1-3-10(2)15(22)18(30)25-13(9-26)17(29)24-12(8-14(21)27)16(28)23-11(19(31)32)6-4-5-7-20/h10-13,15,26H,3-9,20,22H2,1-2H3,(H2,21,27)(H,23,28)(H,24,29)(H,25,30)(H,31,32). The van der Waals surface area contributed by atoms with Crippen molar-refractivity contribution >= 4 is 29.6 Å². The molecule has 0 saturated carbocycles. The minimum absolute atomic E-state index is 0.0956. The zero-order valence-electron chi connectivity index (χ0n) is 18.5. The van der Waals surface area contributed by atoms with Gasteiger partial charge in [0.1, 0.15) is 18.1 Å². The monoisotopic (exact) mass is 460 g/mol. The van der Waals surface area contributed by atoms with Crippen molar-refractivity contribution in [3.05, 3.63) is 0 Å². The number of nitrogens with two attached hydrogens (primary N) is 3. The Labute approximate surface area is 186 Å². The summed E-state index contributed by atoms with van der Waals surface area (Å²) in [5, 5.41) is 25.6. The van der Waals surface area contributed by atoms with Crippen molar-refractivity contribution in [3.63, 3.8) is 0 Å². The van der Waals surface area contributed by atoms with Crippen LogP contribution in [0, 0.1) is 5.92 Å². The van der Waals surface area contributed by atoms with Gasteiger partial charge in [-0.25, -0.2) is 4.79 Å². The number of carboxylic acids is 1. The highest BCUT2D eigenvalue weighted by atomic mass is 16.4. The SMILES string of the molecule is CCC(C)C(N)C(=O)NC(CO)C(=O)NC(CC(N)=O)C(=O)NC(CCCCN)C(=O)O. The van der Waals surface area contributed by atoms with E-state index in [-0.39, 0.29) is 12.3 Å². The second-order valence-electron chi connectivity index (χ2n) is 7.57. The first-order valence-corrected chi connectivity index (χ1v) is 10.5. The van der Waals surface area contributed by atoms with Gasteiger partial charge in [0.25, 0.3) is 0 Å². The van der Waals surface area contributed by atoms with E-state index in [0.717, 1.165) is 0 Å². The van der Waals surface area contributed by atoms with Crippen LogP contribution in [0.25, 0.3) is 0 Å². The van der Waals surface area contributed by atoms with Crippen molar-refractivity contribution < 1.29 is 34.2 Å². The van der Waals surface area contributed by atoms with Gasteiger partial charge in [0.2, 0.25) is 23.6 Å². The third-order valence-electron chi connectivity index (χ3n) is 4.98. The first-order chi connectivity index (χ1) is 15.0. The number of nitrogens with one attached hydrogen (secondary N) is 3. The van der Waals surface area contributed by atoms with Gasteiger partial charge in [0.15, 0.2) is 0 Å². The third-order valence-corrected chi connectivity index (χ3v) is 4.98. The van der Waals surface area contributed by atoms with E-state index in [1.54, 1.807) is 6.92 Å². The van der Waals surface area contributed by atoms with Gasteiger partial charge in [-0.2, -0.15) is 0 Å². The summed E-state index contributed by atoms with van der Waals surface area (Å²) in [5.74, 6) is -4.98. The molecule has 0 bridgehead atoms. The van der Waals surface area contributed by atoms with E-state index in [1.807, 2.05) is 6.92 Å². The molecule has 0 spiro atoms. The van der Waals surface area contributed by atoms with Gasteiger partial charge >= 0.3 is 5.97 Å². The first-order valence-electron chi connectivity index (χ1n) is 10.5. The van der Waals surface area contributed by atoms with Crippen molar-refractivity contribution in [3.8, 4) is 0 Å². The Morgan fingerprint density at radius 1 is 0.906 bits per heavy atom. The Balaban J connectivity index is 5.27. The van der Waals surface area contributed by atoms with Crippen LogP contribution in [0.1, 0.15) is 46.0 Å². The fourth-order valence-corrected chi connectivity index (χ4v) is 2.68. The molecular formula is C19H36N6O7. The van der Waals surface area contributed by atoms with Crippen molar-refractivity contribution in [1.29, 1.82) is 0 Å². The first kappa shape index (κ1) is 29.2. The largest absolute Gasteiger partial charge is 0.480 e. The molecular weight excluding hydrogens is 424 g/mol. The van der Waals surface area contributed by atoms with Gasteiger partial charge < -0.3 is 43.4 Å². The van der Waals surface area contributed by atoms with Gasteiger partial charge in [0.05, 0.1) is 19.1 Å². The predicted octanol–water partition coefficient (Wildman–Crippen LogP) is -3.10.